The molecule has 6 nitrogen and oxygen atoms in total. The molecule has 0 saturated carbocycles. The summed E-state index contributed by atoms with van der Waals surface area (Å²) in [5.41, 5.74) is 2.87. The van der Waals surface area contributed by atoms with Gasteiger partial charge >= 0.3 is 0 Å². The number of aryl methyl sites for hydroxylation is 2. The molecule has 0 unspecified atom stereocenters. The molecule has 0 aliphatic carbocycles. The van der Waals surface area contributed by atoms with Crippen molar-refractivity contribution >= 4 is 11.7 Å². The summed E-state index contributed by atoms with van der Waals surface area (Å²) < 4.78 is 5.10. The van der Waals surface area contributed by atoms with Gasteiger partial charge in [0.05, 0.1) is 5.69 Å². The number of nitrogens with one attached hydrogen (secondary N) is 1. The zero-order valence-corrected chi connectivity index (χ0v) is 13.5. The molecule has 2 aromatic rings. The normalized spacial score (nSPS) is 10.5. The van der Waals surface area contributed by atoms with Crippen molar-refractivity contribution in [3.63, 3.8) is 0 Å². The van der Waals surface area contributed by atoms with Crippen molar-refractivity contribution in [1.29, 1.82) is 0 Å². The summed E-state index contributed by atoms with van der Waals surface area (Å²) in [4.78, 5) is 18.3. The Morgan fingerprint density at radius 1 is 1.36 bits per heavy atom. The van der Waals surface area contributed by atoms with Crippen LogP contribution in [-0.2, 0) is 17.8 Å². The summed E-state index contributed by atoms with van der Waals surface area (Å²) in [6.07, 6.45) is 2.80. The fourth-order valence-corrected chi connectivity index (χ4v) is 2.35. The molecule has 0 aliphatic heterocycles. The van der Waals surface area contributed by atoms with Crippen LogP contribution in [0.2, 0.25) is 0 Å². The van der Waals surface area contributed by atoms with Crippen LogP contribution in [0.4, 0.5) is 5.82 Å². The van der Waals surface area contributed by atoms with Crippen LogP contribution >= 0.6 is 0 Å². The van der Waals surface area contributed by atoms with Gasteiger partial charge in [0, 0.05) is 44.4 Å². The average Bonchev–Trinajstić information content (AvgIpc) is 2.82. The van der Waals surface area contributed by atoms with Gasteiger partial charge in [-0.3, -0.25) is 4.79 Å². The molecule has 22 heavy (non-hydrogen) atoms. The number of amides is 1. The predicted octanol–water partition coefficient (Wildman–Crippen LogP) is 2.00. The summed E-state index contributed by atoms with van der Waals surface area (Å²) in [6, 6.07) is 3.84. The van der Waals surface area contributed by atoms with Gasteiger partial charge in [-0.15, -0.1) is 0 Å². The Morgan fingerprint density at radius 2 is 2.14 bits per heavy atom. The van der Waals surface area contributed by atoms with Gasteiger partial charge in [0.2, 0.25) is 5.91 Å². The Morgan fingerprint density at radius 3 is 2.77 bits per heavy atom. The topological polar surface area (TPSA) is 71.3 Å². The number of hydrogen-bond acceptors (Lipinski definition) is 5. The molecule has 0 radical (unpaired) electrons. The molecule has 2 aromatic heterocycles. The first-order valence-corrected chi connectivity index (χ1v) is 7.28. The molecule has 0 fully saturated rings. The van der Waals surface area contributed by atoms with Gasteiger partial charge in [0.15, 0.2) is 0 Å². The molecule has 1 amide bonds. The molecule has 118 valence electrons. The van der Waals surface area contributed by atoms with Crippen LogP contribution in [-0.4, -0.2) is 30.1 Å². The molecule has 0 bridgehead atoms. The Balaban J connectivity index is 1.89. The van der Waals surface area contributed by atoms with Crippen LogP contribution in [0.1, 0.15) is 29.0 Å². The van der Waals surface area contributed by atoms with Crippen molar-refractivity contribution in [3.8, 4) is 0 Å². The van der Waals surface area contributed by atoms with E-state index in [4.69, 9.17) is 4.52 Å². The third-order valence-corrected chi connectivity index (χ3v) is 3.55. The summed E-state index contributed by atoms with van der Waals surface area (Å²) in [7, 11) is 3.87. The maximum absolute atomic E-state index is 12.0. The van der Waals surface area contributed by atoms with Crippen molar-refractivity contribution in [2.75, 3.05) is 19.0 Å². The fourth-order valence-electron chi connectivity index (χ4n) is 2.35. The van der Waals surface area contributed by atoms with Crippen molar-refractivity contribution < 1.29 is 9.32 Å². The van der Waals surface area contributed by atoms with Crippen LogP contribution in [0.3, 0.4) is 0 Å². The largest absolute Gasteiger partial charge is 0.362 e. The second-order valence-corrected chi connectivity index (χ2v) is 5.46. The van der Waals surface area contributed by atoms with E-state index in [2.05, 4.69) is 15.5 Å². The second-order valence-electron chi connectivity index (χ2n) is 5.46. The van der Waals surface area contributed by atoms with Gasteiger partial charge in [-0.05, 0) is 26.3 Å². The van der Waals surface area contributed by atoms with Crippen LogP contribution in [0.15, 0.2) is 22.9 Å². The maximum atomic E-state index is 12.0. The fraction of sp³-hybridized carbons (Fsp3) is 0.438. The average molecular weight is 302 g/mol. The smallest absolute Gasteiger partial charge is 0.220 e. The van der Waals surface area contributed by atoms with Gasteiger partial charge in [-0.1, -0.05) is 11.2 Å². The number of carbonyl (C=O) groups is 1. The van der Waals surface area contributed by atoms with E-state index in [1.165, 1.54) is 0 Å². The standard InChI is InChI=1S/C16H22N4O2/c1-11-14(12(2)22-19-11)7-8-15(21)18-10-13-6-5-9-17-16(13)20(3)4/h5-6,9H,7-8,10H2,1-4H3,(H,18,21). The van der Waals surface area contributed by atoms with Crippen molar-refractivity contribution in [2.45, 2.75) is 33.2 Å². The van der Waals surface area contributed by atoms with Gasteiger partial charge in [-0.25, -0.2) is 4.98 Å². The third-order valence-electron chi connectivity index (χ3n) is 3.55. The lowest BCUT2D eigenvalue weighted by atomic mass is 10.1. The predicted molar refractivity (Wildman–Crippen MR) is 84.7 cm³/mol. The second kappa shape index (κ2) is 7.06. The van der Waals surface area contributed by atoms with E-state index >= 15 is 0 Å². The van der Waals surface area contributed by atoms with E-state index < -0.39 is 0 Å². The molecule has 1 N–H and O–H groups in total. The van der Waals surface area contributed by atoms with Crippen LogP contribution in [0, 0.1) is 13.8 Å². The third kappa shape index (κ3) is 3.84. The molecular weight excluding hydrogens is 280 g/mol. The van der Waals surface area contributed by atoms with Crippen molar-refractivity contribution in [3.05, 3.63) is 40.9 Å². The lowest BCUT2D eigenvalue weighted by Gasteiger charge is -2.16. The summed E-state index contributed by atoms with van der Waals surface area (Å²) in [6.45, 7) is 4.23. The quantitative estimate of drug-likeness (QED) is 0.883. The van der Waals surface area contributed by atoms with E-state index in [0.717, 1.165) is 28.4 Å². The Kier molecular flexibility index (Phi) is 5.14. The van der Waals surface area contributed by atoms with Gasteiger partial charge in [0.25, 0.3) is 0 Å². The minimum atomic E-state index is 0.00793. The number of nitrogens with zero attached hydrogens (tertiary/aromatic N) is 3. The summed E-state index contributed by atoms with van der Waals surface area (Å²) in [5.74, 6) is 1.66. The van der Waals surface area contributed by atoms with Gasteiger partial charge in [0.1, 0.15) is 11.6 Å². The van der Waals surface area contributed by atoms with Crippen molar-refractivity contribution in [2.24, 2.45) is 0 Å². The number of aromatic nitrogens is 2. The summed E-state index contributed by atoms with van der Waals surface area (Å²) in [5, 5.41) is 6.84. The number of hydrogen-bond donors (Lipinski definition) is 1. The van der Waals surface area contributed by atoms with Crippen molar-refractivity contribution in [1.82, 2.24) is 15.5 Å². The molecule has 0 atom stereocenters. The number of anilines is 1. The maximum Gasteiger partial charge on any atom is 0.220 e. The first kappa shape index (κ1) is 16.0. The lowest BCUT2D eigenvalue weighted by Crippen LogP contribution is -2.24. The monoisotopic (exact) mass is 302 g/mol. The molecule has 2 heterocycles. The molecule has 0 saturated heterocycles. The molecular formula is C16H22N4O2. The van der Waals surface area contributed by atoms with E-state index in [1.807, 2.05) is 45.0 Å². The van der Waals surface area contributed by atoms with E-state index in [1.54, 1.807) is 6.20 Å². The highest BCUT2D eigenvalue weighted by Gasteiger charge is 2.12. The first-order chi connectivity index (χ1) is 10.5. The molecule has 6 heteroatoms. The Labute approximate surface area is 130 Å². The molecule has 0 spiro atoms. The molecule has 2 rings (SSSR count). The first-order valence-electron chi connectivity index (χ1n) is 7.28. The van der Waals surface area contributed by atoms with Gasteiger partial charge < -0.3 is 14.7 Å². The number of rotatable bonds is 6. The lowest BCUT2D eigenvalue weighted by molar-refractivity contribution is -0.121. The Bertz CT molecular complexity index is 630. The minimum Gasteiger partial charge on any atom is -0.362 e. The summed E-state index contributed by atoms with van der Waals surface area (Å²) >= 11 is 0. The van der Waals surface area contributed by atoms with E-state index in [0.29, 0.717) is 19.4 Å². The highest BCUT2D eigenvalue weighted by Crippen LogP contribution is 2.15. The van der Waals surface area contributed by atoms with Crippen LogP contribution < -0.4 is 10.2 Å². The van der Waals surface area contributed by atoms with E-state index in [9.17, 15) is 4.79 Å². The number of carbonyl (C=O) groups excluding carboxylic acids is 1. The zero-order valence-electron chi connectivity index (χ0n) is 13.5. The highest BCUT2D eigenvalue weighted by atomic mass is 16.5. The van der Waals surface area contributed by atoms with Crippen LogP contribution in [0.25, 0.3) is 0 Å². The molecule has 0 aromatic carbocycles. The van der Waals surface area contributed by atoms with E-state index in [-0.39, 0.29) is 5.91 Å². The van der Waals surface area contributed by atoms with Crippen LogP contribution in [0.5, 0.6) is 0 Å². The Hall–Kier alpha value is -2.37. The minimum absolute atomic E-state index is 0.00793. The van der Waals surface area contributed by atoms with Gasteiger partial charge in [-0.2, -0.15) is 0 Å². The SMILES string of the molecule is Cc1noc(C)c1CCC(=O)NCc1cccnc1N(C)C. The zero-order chi connectivity index (χ0) is 16.1. The highest BCUT2D eigenvalue weighted by molar-refractivity contribution is 5.76. The number of pyridine rings is 1. The molecule has 0 aliphatic rings.